The van der Waals surface area contributed by atoms with E-state index in [-0.39, 0.29) is 19.1 Å². The summed E-state index contributed by atoms with van der Waals surface area (Å²) in [6, 6.07) is -0.458. The van der Waals surface area contributed by atoms with Crippen LogP contribution < -0.4 is 10.1 Å². The number of nitrogens with one attached hydrogen (secondary N) is 1. The van der Waals surface area contributed by atoms with Crippen molar-refractivity contribution in [3.05, 3.63) is 6.20 Å². The molecule has 2 atom stereocenters. The molecular weight excluding hydrogens is 258 g/mol. The van der Waals surface area contributed by atoms with Gasteiger partial charge in [0.2, 0.25) is 5.88 Å². The number of hydrogen-bond acceptors (Lipinski definition) is 8. The van der Waals surface area contributed by atoms with Gasteiger partial charge in [0, 0.05) is 6.54 Å². The van der Waals surface area contributed by atoms with E-state index in [1.54, 1.807) is 13.8 Å². The number of rotatable bonds is 8. The summed E-state index contributed by atoms with van der Waals surface area (Å²) in [7, 11) is 0. The van der Waals surface area contributed by atoms with Crippen LogP contribution in [-0.4, -0.2) is 51.7 Å². The van der Waals surface area contributed by atoms with Gasteiger partial charge in [0.05, 0.1) is 18.3 Å². The normalized spacial score (nSPS) is 13.9. The van der Waals surface area contributed by atoms with E-state index in [0.717, 1.165) is 11.7 Å². The van der Waals surface area contributed by atoms with Gasteiger partial charge in [-0.15, -0.1) is 4.37 Å². The molecule has 0 bridgehead atoms. The van der Waals surface area contributed by atoms with Crippen molar-refractivity contribution < 1.29 is 19.4 Å². The molecule has 1 heterocycles. The summed E-state index contributed by atoms with van der Waals surface area (Å²) in [5.74, 6) is 0.0480. The summed E-state index contributed by atoms with van der Waals surface area (Å²) in [5.41, 5.74) is 0. The first kappa shape index (κ1) is 14.8. The third kappa shape index (κ3) is 5.39. The summed E-state index contributed by atoms with van der Waals surface area (Å²) in [4.78, 5) is 11.3. The third-order valence-electron chi connectivity index (χ3n) is 2.06. The van der Waals surface area contributed by atoms with E-state index in [1.165, 1.54) is 6.20 Å². The van der Waals surface area contributed by atoms with E-state index >= 15 is 0 Å². The van der Waals surface area contributed by atoms with Crippen LogP contribution in [0.4, 0.5) is 0 Å². The van der Waals surface area contributed by atoms with Gasteiger partial charge in [-0.2, -0.15) is 4.37 Å². The molecule has 8 heteroatoms. The summed E-state index contributed by atoms with van der Waals surface area (Å²) in [6.07, 6.45) is 0.745. The highest BCUT2D eigenvalue weighted by Gasteiger charge is 2.15. The number of ether oxygens (including phenoxy) is 2. The van der Waals surface area contributed by atoms with Gasteiger partial charge in [0.1, 0.15) is 24.9 Å². The van der Waals surface area contributed by atoms with Crippen LogP contribution in [0.1, 0.15) is 13.8 Å². The molecule has 2 unspecified atom stereocenters. The van der Waals surface area contributed by atoms with E-state index < -0.39 is 12.1 Å². The fraction of sp³-hybridized carbons (Fsp3) is 0.700. The average Bonchev–Trinajstić information content (AvgIpc) is 2.86. The standard InChI is InChI=1S/C10H17N3O4S/c1-3-16-10(15)7(2)11-4-8(14)6-17-9-5-12-18-13-9/h5,7-8,11,14H,3-4,6H2,1-2H3. The van der Waals surface area contributed by atoms with Gasteiger partial charge in [-0.3, -0.25) is 4.79 Å². The minimum absolute atomic E-state index is 0.0912. The van der Waals surface area contributed by atoms with E-state index in [2.05, 4.69) is 14.1 Å². The Kier molecular flexibility index (Phi) is 6.55. The molecule has 0 saturated carbocycles. The summed E-state index contributed by atoms with van der Waals surface area (Å²) in [6.45, 7) is 4.09. The van der Waals surface area contributed by atoms with Gasteiger partial charge in [-0.25, -0.2) is 0 Å². The lowest BCUT2D eigenvalue weighted by Gasteiger charge is -2.15. The van der Waals surface area contributed by atoms with Crippen molar-refractivity contribution in [2.45, 2.75) is 26.0 Å². The highest BCUT2D eigenvalue weighted by molar-refractivity contribution is 6.99. The molecule has 2 N–H and O–H groups in total. The number of aliphatic hydroxyl groups is 1. The first-order chi connectivity index (χ1) is 8.63. The predicted molar refractivity (Wildman–Crippen MR) is 65.5 cm³/mol. The molecule has 0 aliphatic rings. The maximum absolute atomic E-state index is 11.3. The number of carbonyl (C=O) groups is 1. The molecule has 1 rings (SSSR count). The topological polar surface area (TPSA) is 93.6 Å². The van der Waals surface area contributed by atoms with E-state index in [9.17, 15) is 9.90 Å². The largest absolute Gasteiger partial charge is 0.473 e. The third-order valence-corrected chi connectivity index (χ3v) is 2.53. The molecular formula is C10H17N3O4S. The Morgan fingerprint density at radius 3 is 3.06 bits per heavy atom. The molecule has 102 valence electrons. The zero-order valence-corrected chi connectivity index (χ0v) is 11.1. The number of aliphatic hydroxyl groups excluding tert-OH is 1. The maximum atomic E-state index is 11.3. The van der Waals surface area contributed by atoms with Crippen molar-refractivity contribution in [3.63, 3.8) is 0 Å². The van der Waals surface area contributed by atoms with Crippen LogP contribution in [0.15, 0.2) is 6.20 Å². The number of esters is 1. The predicted octanol–water partition coefficient (Wildman–Crippen LogP) is -0.181. The number of carbonyl (C=O) groups excluding carboxylic acids is 1. The monoisotopic (exact) mass is 275 g/mol. The first-order valence-electron chi connectivity index (χ1n) is 5.62. The van der Waals surface area contributed by atoms with Crippen LogP contribution in [0.25, 0.3) is 0 Å². The second-order valence-electron chi connectivity index (χ2n) is 3.59. The molecule has 0 aromatic carbocycles. The summed E-state index contributed by atoms with van der Waals surface area (Å²) in [5, 5.41) is 12.5. The van der Waals surface area contributed by atoms with Crippen molar-refractivity contribution >= 4 is 17.7 Å². The van der Waals surface area contributed by atoms with Crippen molar-refractivity contribution in [2.24, 2.45) is 0 Å². The summed E-state index contributed by atoms with van der Waals surface area (Å²) < 4.78 is 17.6. The molecule has 1 aromatic rings. The Bertz CT molecular complexity index is 347. The lowest BCUT2D eigenvalue weighted by Crippen LogP contribution is -2.41. The molecule has 0 spiro atoms. The van der Waals surface area contributed by atoms with Crippen LogP contribution in [0.5, 0.6) is 5.88 Å². The zero-order valence-electron chi connectivity index (χ0n) is 10.3. The van der Waals surface area contributed by atoms with Crippen LogP contribution in [0.2, 0.25) is 0 Å². The number of nitrogens with zero attached hydrogens (tertiary/aromatic N) is 2. The fourth-order valence-corrected chi connectivity index (χ4v) is 1.49. The Balaban J connectivity index is 2.16. The van der Waals surface area contributed by atoms with Gasteiger partial charge < -0.3 is 19.9 Å². The quantitative estimate of drug-likeness (QED) is 0.635. The Hall–Kier alpha value is -1.25. The number of aromatic nitrogens is 2. The maximum Gasteiger partial charge on any atom is 0.322 e. The van der Waals surface area contributed by atoms with Gasteiger partial charge in [-0.1, -0.05) is 0 Å². The van der Waals surface area contributed by atoms with Crippen LogP contribution in [0.3, 0.4) is 0 Å². The van der Waals surface area contributed by atoms with Crippen molar-refractivity contribution in [1.29, 1.82) is 0 Å². The molecule has 0 fully saturated rings. The molecule has 0 aliphatic heterocycles. The Labute approximate surface area is 109 Å². The fourth-order valence-electron chi connectivity index (χ4n) is 1.12. The van der Waals surface area contributed by atoms with Crippen LogP contribution in [-0.2, 0) is 9.53 Å². The van der Waals surface area contributed by atoms with Crippen molar-refractivity contribution in [2.75, 3.05) is 19.8 Å². The van der Waals surface area contributed by atoms with Gasteiger partial charge in [0.15, 0.2) is 0 Å². The average molecular weight is 275 g/mol. The number of hydrogen-bond donors (Lipinski definition) is 2. The minimum atomic E-state index is -0.733. The Morgan fingerprint density at radius 2 is 2.44 bits per heavy atom. The lowest BCUT2D eigenvalue weighted by molar-refractivity contribution is -0.145. The van der Waals surface area contributed by atoms with E-state index in [4.69, 9.17) is 9.47 Å². The smallest absolute Gasteiger partial charge is 0.322 e. The molecule has 7 nitrogen and oxygen atoms in total. The summed E-state index contributed by atoms with van der Waals surface area (Å²) >= 11 is 1.04. The van der Waals surface area contributed by atoms with Gasteiger partial charge >= 0.3 is 5.97 Å². The molecule has 1 aromatic heterocycles. The lowest BCUT2D eigenvalue weighted by atomic mass is 10.3. The highest BCUT2D eigenvalue weighted by atomic mass is 32.1. The molecule has 0 aliphatic carbocycles. The van der Waals surface area contributed by atoms with Gasteiger partial charge in [0.25, 0.3) is 0 Å². The zero-order chi connectivity index (χ0) is 13.4. The van der Waals surface area contributed by atoms with Gasteiger partial charge in [-0.05, 0) is 13.8 Å². The Morgan fingerprint density at radius 1 is 1.67 bits per heavy atom. The van der Waals surface area contributed by atoms with Crippen LogP contribution >= 0.6 is 11.7 Å². The molecule has 0 radical (unpaired) electrons. The van der Waals surface area contributed by atoms with E-state index in [0.29, 0.717) is 12.5 Å². The minimum Gasteiger partial charge on any atom is -0.473 e. The van der Waals surface area contributed by atoms with E-state index in [1.807, 2.05) is 0 Å². The highest BCUT2D eigenvalue weighted by Crippen LogP contribution is 2.05. The SMILES string of the molecule is CCOC(=O)C(C)NCC(O)COc1cnsn1. The van der Waals surface area contributed by atoms with Crippen LogP contribution in [0, 0.1) is 0 Å². The molecule has 0 saturated heterocycles. The molecule has 0 amide bonds. The van der Waals surface area contributed by atoms with Crippen molar-refractivity contribution in [3.8, 4) is 5.88 Å². The first-order valence-corrected chi connectivity index (χ1v) is 6.35. The van der Waals surface area contributed by atoms with Crippen molar-refractivity contribution in [1.82, 2.24) is 14.1 Å². The second kappa shape index (κ2) is 7.96. The second-order valence-corrected chi connectivity index (χ2v) is 4.15. The molecule has 18 heavy (non-hydrogen) atoms.